The minimum atomic E-state index is -0.822. The Kier molecular flexibility index (Phi) is 6.10. The second-order valence-electron chi connectivity index (χ2n) is 4.41. The number of hydrogen-bond acceptors (Lipinski definition) is 4. The first-order chi connectivity index (χ1) is 9.15. The fourth-order valence-electron chi connectivity index (χ4n) is 2.24. The van der Waals surface area contributed by atoms with Crippen LogP contribution in [0.2, 0.25) is 0 Å². The van der Waals surface area contributed by atoms with Crippen molar-refractivity contribution in [3.8, 4) is 11.5 Å². The number of carboxylic acid groups (broad SMARTS) is 1. The van der Waals surface area contributed by atoms with Crippen LogP contribution in [0.5, 0.6) is 11.5 Å². The van der Waals surface area contributed by atoms with E-state index in [0.717, 1.165) is 16.9 Å². The molecule has 1 unspecified atom stereocenters. The molecular formula is C14H20ClNO4. The van der Waals surface area contributed by atoms with Gasteiger partial charge in [0.2, 0.25) is 0 Å². The third-order valence-corrected chi connectivity index (χ3v) is 3.13. The third-order valence-electron chi connectivity index (χ3n) is 3.13. The van der Waals surface area contributed by atoms with Gasteiger partial charge in [-0.3, -0.25) is 4.79 Å². The Morgan fingerprint density at radius 2 is 1.80 bits per heavy atom. The first kappa shape index (κ1) is 16.6. The standard InChI is InChI=1S/C14H19NO4.ClH/c1-3-18-12-6-9-5-11(14(16)17)15-8-10(9)7-13(12)19-4-2;/h6-7,11,15H,3-5,8H2,1-2H3,(H,16,17);1H. The molecule has 20 heavy (non-hydrogen) atoms. The summed E-state index contributed by atoms with van der Waals surface area (Å²) in [5.74, 6) is 0.588. The lowest BCUT2D eigenvalue weighted by molar-refractivity contribution is -0.139. The van der Waals surface area contributed by atoms with Crippen molar-refractivity contribution in [2.45, 2.75) is 32.9 Å². The van der Waals surface area contributed by atoms with Crippen LogP contribution < -0.4 is 14.8 Å². The van der Waals surface area contributed by atoms with Crippen LogP contribution in [0.1, 0.15) is 25.0 Å². The van der Waals surface area contributed by atoms with E-state index in [-0.39, 0.29) is 12.4 Å². The van der Waals surface area contributed by atoms with Crippen LogP contribution in [0.15, 0.2) is 12.1 Å². The Morgan fingerprint density at radius 1 is 1.25 bits per heavy atom. The summed E-state index contributed by atoms with van der Waals surface area (Å²) in [5.41, 5.74) is 2.09. The molecule has 0 radical (unpaired) electrons. The van der Waals surface area contributed by atoms with Gasteiger partial charge < -0.3 is 19.9 Å². The van der Waals surface area contributed by atoms with Crippen molar-refractivity contribution >= 4 is 18.4 Å². The molecule has 0 aromatic heterocycles. The second kappa shape index (κ2) is 7.36. The number of rotatable bonds is 5. The predicted molar refractivity (Wildman–Crippen MR) is 78.0 cm³/mol. The number of fused-ring (bicyclic) bond motifs is 1. The van der Waals surface area contributed by atoms with Gasteiger partial charge >= 0.3 is 5.97 Å². The minimum absolute atomic E-state index is 0. The van der Waals surface area contributed by atoms with Crippen LogP contribution in [-0.2, 0) is 17.8 Å². The molecule has 0 spiro atoms. The Morgan fingerprint density at radius 3 is 2.30 bits per heavy atom. The first-order valence-corrected chi connectivity index (χ1v) is 6.53. The van der Waals surface area contributed by atoms with Gasteiger partial charge in [0, 0.05) is 6.54 Å². The van der Waals surface area contributed by atoms with Crippen LogP contribution in [-0.4, -0.2) is 30.3 Å². The third kappa shape index (κ3) is 3.55. The molecule has 0 fully saturated rings. The van der Waals surface area contributed by atoms with Crippen molar-refractivity contribution in [3.63, 3.8) is 0 Å². The lowest BCUT2D eigenvalue weighted by Gasteiger charge is -2.24. The summed E-state index contributed by atoms with van der Waals surface area (Å²) in [4.78, 5) is 11.0. The summed E-state index contributed by atoms with van der Waals surface area (Å²) in [6, 6.07) is 3.31. The number of halogens is 1. The molecular weight excluding hydrogens is 282 g/mol. The van der Waals surface area contributed by atoms with E-state index >= 15 is 0 Å². The number of benzene rings is 1. The molecule has 1 heterocycles. The summed E-state index contributed by atoms with van der Waals surface area (Å²) in [5, 5.41) is 12.1. The highest BCUT2D eigenvalue weighted by Crippen LogP contribution is 2.33. The molecule has 1 aliphatic rings. The van der Waals surface area contributed by atoms with Crippen molar-refractivity contribution in [1.82, 2.24) is 5.32 Å². The molecule has 6 heteroatoms. The predicted octanol–water partition coefficient (Wildman–Crippen LogP) is 2.00. The number of carbonyl (C=O) groups is 1. The normalized spacial score (nSPS) is 16.8. The Bertz CT molecular complexity index is 478. The summed E-state index contributed by atoms with van der Waals surface area (Å²) in [6.07, 6.45) is 0.469. The maximum atomic E-state index is 11.0. The molecule has 112 valence electrons. The molecule has 0 aliphatic carbocycles. The van der Waals surface area contributed by atoms with Crippen LogP contribution in [0, 0.1) is 0 Å². The van der Waals surface area contributed by atoms with Crippen molar-refractivity contribution < 1.29 is 19.4 Å². The summed E-state index contributed by atoms with van der Waals surface area (Å²) < 4.78 is 11.1. The van der Waals surface area contributed by atoms with Crippen molar-refractivity contribution in [2.75, 3.05) is 13.2 Å². The van der Waals surface area contributed by atoms with Gasteiger partial charge in [-0.2, -0.15) is 0 Å². The zero-order chi connectivity index (χ0) is 13.8. The molecule has 0 saturated heterocycles. The fourth-order valence-corrected chi connectivity index (χ4v) is 2.24. The lowest BCUT2D eigenvalue weighted by Crippen LogP contribution is -2.41. The highest BCUT2D eigenvalue weighted by atomic mass is 35.5. The Hall–Kier alpha value is -1.46. The Balaban J connectivity index is 0.00000200. The van der Waals surface area contributed by atoms with Gasteiger partial charge in [0.05, 0.1) is 13.2 Å². The van der Waals surface area contributed by atoms with E-state index in [1.807, 2.05) is 26.0 Å². The van der Waals surface area contributed by atoms with Crippen LogP contribution in [0.4, 0.5) is 0 Å². The van der Waals surface area contributed by atoms with Gasteiger partial charge in [-0.25, -0.2) is 0 Å². The van der Waals surface area contributed by atoms with Gasteiger partial charge in [-0.15, -0.1) is 12.4 Å². The van der Waals surface area contributed by atoms with E-state index in [1.54, 1.807) is 0 Å². The zero-order valence-corrected chi connectivity index (χ0v) is 12.5. The smallest absolute Gasteiger partial charge is 0.321 e. The van der Waals surface area contributed by atoms with E-state index in [2.05, 4.69) is 5.32 Å². The Labute approximate surface area is 124 Å². The fraction of sp³-hybridized carbons (Fsp3) is 0.500. The summed E-state index contributed by atoms with van der Waals surface area (Å²) >= 11 is 0. The highest BCUT2D eigenvalue weighted by Gasteiger charge is 2.25. The molecule has 5 nitrogen and oxygen atoms in total. The lowest BCUT2D eigenvalue weighted by atomic mass is 9.95. The molecule has 1 aliphatic heterocycles. The SMILES string of the molecule is CCOc1cc2c(cc1OCC)CC(C(=O)O)NC2.Cl. The van der Waals surface area contributed by atoms with Gasteiger partial charge in [-0.05, 0) is 43.5 Å². The van der Waals surface area contributed by atoms with Gasteiger partial charge in [-0.1, -0.05) is 0 Å². The van der Waals surface area contributed by atoms with Crippen molar-refractivity contribution in [2.24, 2.45) is 0 Å². The number of carboxylic acids is 1. The number of hydrogen-bond donors (Lipinski definition) is 2. The molecule has 0 saturated carbocycles. The quantitative estimate of drug-likeness (QED) is 0.871. The van der Waals surface area contributed by atoms with Crippen LogP contribution >= 0.6 is 12.4 Å². The molecule has 0 bridgehead atoms. The zero-order valence-electron chi connectivity index (χ0n) is 11.6. The van der Waals surface area contributed by atoms with E-state index in [1.165, 1.54) is 0 Å². The van der Waals surface area contributed by atoms with Crippen molar-refractivity contribution in [3.05, 3.63) is 23.3 Å². The maximum absolute atomic E-state index is 11.0. The number of nitrogens with one attached hydrogen (secondary N) is 1. The first-order valence-electron chi connectivity index (χ1n) is 6.53. The summed E-state index contributed by atoms with van der Waals surface area (Å²) in [7, 11) is 0. The molecule has 1 aromatic rings. The topological polar surface area (TPSA) is 67.8 Å². The van der Waals surface area contributed by atoms with E-state index in [4.69, 9.17) is 14.6 Å². The molecule has 2 N–H and O–H groups in total. The number of aliphatic carboxylic acids is 1. The maximum Gasteiger partial charge on any atom is 0.321 e. The van der Waals surface area contributed by atoms with Gasteiger partial charge in [0.25, 0.3) is 0 Å². The average Bonchev–Trinajstić information content (AvgIpc) is 2.39. The molecule has 0 amide bonds. The second-order valence-corrected chi connectivity index (χ2v) is 4.41. The van der Waals surface area contributed by atoms with E-state index < -0.39 is 12.0 Å². The highest BCUT2D eigenvalue weighted by molar-refractivity contribution is 5.85. The van der Waals surface area contributed by atoms with Crippen LogP contribution in [0.3, 0.4) is 0 Å². The van der Waals surface area contributed by atoms with Crippen molar-refractivity contribution in [1.29, 1.82) is 0 Å². The molecule has 1 atom stereocenters. The van der Waals surface area contributed by atoms with E-state index in [0.29, 0.717) is 31.9 Å². The number of ether oxygens (including phenoxy) is 2. The van der Waals surface area contributed by atoms with Crippen LogP contribution in [0.25, 0.3) is 0 Å². The monoisotopic (exact) mass is 301 g/mol. The average molecular weight is 302 g/mol. The van der Waals surface area contributed by atoms with Gasteiger partial charge in [0.1, 0.15) is 6.04 Å². The minimum Gasteiger partial charge on any atom is -0.490 e. The summed E-state index contributed by atoms with van der Waals surface area (Å²) in [6.45, 7) is 5.51. The van der Waals surface area contributed by atoms with E-state index in [9.17, 15) is 4.79 Å². The molecule has 2 rings (SSSR count). The van der Waals surface area contributed by atoms with Gasteiger partial charge in [0.15, 0.2) is 11.5 Å². The molecule has 1 aromatic carbocycles. The largest absolute Gasteiger partial charge is 0.490 e.